The molecule has 25 heavy (non-hydrogen) atoms. The van der Waals surface area contributed by atoms with Crippen LogP contribution >= 0.6 is 23.2 Å². The van der Waals surface area contributed by atoms with Gasteiger partial charge in [-0.1, -0.05) is 23.2 Å². The van der Waals surface area contributed by atoms with Crippen LogP contribution in [0.2, 0.25) is 10.0 Å². The summed E-state index contributed by atoms with van der Waals surface area (Å²) in [7, 11) is 1.86. The smallest absolute Gasteiger partial charge is 0.168 e. The van der Waals surface area contributed by atoms with Crippen molar-refractivity contribution in [2.75, 3.05) is 11.9 Å². The number of hydrogen-bond acceptors (Lipinski definition) is 5. The normalized spacial score (nSPS) is 10.5. The maximum Gasteiger partial charge on any atom is 0.168 e. The zero-order valence-electron chi connectivity index (χ0n) is 13.4. The highest BCUT2D eigenvalue weighted by molar-refractivity contribution is 6.31. The van der Waals surface area contributed by atoms with E-state index in [4.69, 9.17) is 23.2 Å². The number of rotatable bonds is 5. The maximum absolute atomic E-state index is 12.6. The van der Waals surface area contributed by atoms with E-state index in [1.807, 2.05) is 11.9 Å². The molecule has 5 nitrogen and oxygen atoms in total. The van der Waals surface area contributed by atoms with Crippen LogP contribution in [0.5, 0.6) is 0 Å². The van der Waals surface area contributed by atoms with Crippen molar-refractivity contribution in [2.45, 2.75) is 6.42 Å². The third-order valence-electron chi connectivity index (χ3n) is 3.66. The van der Waals surface area contributed by atoms with Crippen LogP contribution in [0.4, 0.5) is 11.4 Å². The molecule has 0 aliphatic carbocycles. The van der Waals surface area contributed by atoms with Gasteiger partial charge in [0.05, 0.1) is 29.5 Å². The summed E-state index contributed by atoms with van der Waals surface area (Å²) < 4.78 is 0. The summed E-state index contributed by atoms with van der Waals surface area (Å²) in [4.78, 5) is 26.6. The van der Waals surface area contributed by atoms with Gasteiger partial charge in [-0.3, -0.25) is 9.78 Å². The minimum atomic E-state index is -0.0729. The molecule has 7 heteroatoms. The Kier molecular flexibility index (Phi) is 5.26. The van der Waals surface area contributed by atoms with Crippen LogP contribution in [0.1, 0.15) is 16.1 Å². The summed E-state index contributed by atoms with van der Waals surface area (Å²) in [6.45, 7) is 0. The van der Waals surface area contributed by atoms with E-state index in [0.717, 1.165) is 11.4 Å². The Balaban J connectivity index is 1.86. The Morgan fingerprint density at radius 2 is 1.76 bits per heavy atom. The van der Waals surface area contributed by atoms with E-state index in [1.54, 1.807) is 42.7 Å². The fraction of sp³-hybridized carbons (Fsp3) is 0.111. The van der Waals surface area contributed by atoms with Gasteiger partial charge in [0.15, 0.2) is 5.78 Å². The molecule has 0 N–H and O–H groups in total. The van der Waals surface area contributed by atoms with Gasteiger partial charge >= 0.3 is 0 Å². The third-order valence-corrected chi connectivity index (χ3v) is 4.10. The lowest BCUT2D eigenvalue weighted by atomic mass is 10.1. The molecule has 0 fully saturated rings. The largest absolute Gasteiger partial charge is 0.342 e. The Morgan fingerprint density at radius 1 is 1.00 bits per heavy atom. The van der Waals surface area contributed by atoms with Gasteiger partial charge in [0.2, 0.25) is 0 Å². The first-order valence-electron chi connectivity index (χ1n) is 7.46. The van der Waals surface area contributed by atoms with Crippen molar-refractivity contribution in [1.82, 2.24) is 15.0 Å². The fourth-order valence-corrected chi connectivity index (χ4v) is 2.66. The number of ketones is 1. The molecule has 0 bridgehead atoms. The van der Waals surface area contributed by atoms with Gasteiger partial charge in [0, 0.05) is 35.2 Å². The highest BCUT2D eigenvalue weighted by atomic mass is 35.5. The molecule has 3 aromatic rings. The van der Waals surface area contributed by atoms with Crippen LogP contribution in [-0.4, -0.2) is 27.8 Å². The van der Waals surface area contributed by atoms with Gasteiger partial charge in [-0.25, -0.2) is 9.97 Å². The van der Waals surface area contributed by atoms with Crippen molar-refractivity contribution in [3.63, 3.8) is 0 Å². The molecule has 0 saturated carbocycles. The quantitative estimate of drug-likeness (QED) is 0.622. The van der Waals surface area contributed by atoms with E-state index in [-0.39, 0.29) is 12.2 Å². The molecular formula is C18H14Cl2N4O. The Labute approximate surface area is 155 Å². The van der Waals surface area contributed by atoms with Crippen molar-refractivity contribution >= 4 is 40.4 Å². The average Bonchev–Trinajstić information content (AvgIpc) is 2.63. The van der Waals surface area contributed by atoms with Crippen LogP contribution in [0, 0.1) is 0 Å². The lowest BCUT2D eigenvalue weighted by Gasteiger charge is -2.19. The van der Waals surface area contributed by atoms with Gasteiger partial charge in [-0.2, -0.15) is 0 Å². The van der Waals surface area contributed by atoms with Gasteiger partial charge in [0.25, 0.3) is 0 Å². The number of pyridine rings is 1. The van der Waals surface area contributed by atoms with E-state index in [1.165, 1.54) is 12.5 Å². The monoisotopic (exact) mass is 372 g/mol. The van der Waals surface area contributed by atoms with E-state index < -0.39 is 0 Å². The number of Topliss-reactive ketones (excluding diaryl/α,β-unsaturated/α-hetero) is 1. The molecule has 2 heterocycles. The molecule has 126 valence electrons. The summed E-state index contributed by atoms with van der Waals surface area (Å²) in [5.41, 5.74) is 2.74. The number of halogens is 2. The first-order chi connectivity index (χ1) is 12.0. The minimum absolute atomic E-state index is 0.0729. The van der Waals surface area contributed by atoms with Crippen molar-refractivity contribution in [1.29, 1.82) is 0 Å². The minimum Gasteiger partial charge on any atom is -0.342 e. The Bertz CT molecular complexity index is 885. The second-order valence-corrected chi connectivity index (χ2v) is 6.29. The number of carbonyl (C=O) groups is 1. The molecule has 0 aliphatic heterocycles. The zero-order chi connectivity index (χ0) is 17.8. The second-order valence-electron chi connectivity index (χ2n) is 5.42. The van der Waals surface area contributed by atoms with Crippen molar-refractivity contribution in [3.8, 4) is 0 Å². The first kappa shape index (κ1) is 17.3. The molecule has 3 rings (SSSR count). The summed E-state index contributed by atoms with van der Waals surface area (Å²) in [5.74, 6) is -0.0729. The number of hydrogen-bond donors (Lipinski definition) is 0. The number of anilines is 2. The lowest BCUT2D eigenvalue weighted by Crippen LogP contribution is -2.12. The SMILES string of the molecule is CN(c1cncnc1)c1cc(Cl)cc(C(=O)Cc2ccc(Cl)cn2)c1. The third kappa shape index (κ3) is 4.32. The number of carbonyl (C=O) groups excluding carboxylic acids is 1. The summed E-state index contributed by atoms with van der Waals surface area (Å²) in [5, 5.41) is 1.02. The Morgan fingerprint density at radius 3 is 2.44 bits per heavy atom. The second kappa shape index (κ2) is 7.59. The van der Waals surface area contributed by atoms with Gasteiger partial charge in [0.1, 0.15) is 6.33 Å². The fourth-order valence-electron chi connectivity index (χ4n) is 2.32. The summed E-state index contributed by atoms with van der Waals surface area (Å²) >= 11 is 12.0. The van der Waals surface area contributed by atoms with Gasteiger partial charge < -0.3 is 4.90 Å². The zero-order valence-corrected chi connectivity index (χ0v) is 14.9. The first-order valence-corrected chi connectivity index (χ1v) is 8.21. The van der Waals surface area contributed by atoms with E-state index in [9.17, 15) is 4.79 Å². The molecule has 0 amide bonds. The predicted molar refractivity (Wildman–Crippen MR) is 98.8 cm³/mol. The highest BCUT2D eigenvalue weighted by Crippen LogP contribution is 2.27. The number of nitrogens with zero attached hydrogens (tertiary/aromatic N) is 4. The van der Waals surface area contributed by atoms with E-state index in [0.29, 0.717) is 21.3 Å². The van der Waals surface area contributed by atoms with Crippen molar-refractivity contribution in [3.05, 3.63) is 76.6 Å². The molecular weight excluding hydrogens is 359 g/mol. The molecule has 2 aromatic heterocycles. The predicted octanol–water partition coefficient (Wildman–Crippen LogP) is 4.37. The standard InChI is InChI=1S/C18H14Cl2N4O/c1-24(17-9-21-11-22-10-17)16-5-12(4-14(20)6-16)18(25)7-15-3-2-13(19)8-23-15/h2-6,8-11H,7H2,1H3. The topological polar surface area (TPSA) is 59.0 Å². The number of aromatic nitrogens is 3. The molecule has 0 unspecified atom stereocenters. The molecule has 0 atom stereocenters. The molecule has 0 saturated heterocycles. The van der Waals surface area contributed by atoms with Crippen LogP contribution in [0.15, 0.2) is 55.2 Å². The van der Waals surface area contributed by atoms with Crippen LogP contribution in [0.3, 0.4) is 0 Å². The molecule has 0 aliphatic rings. The Hall–Kier alpha value is -2.50. The van der Waals surface area contributed by atoms with Crippen molar-refractivity contribution in [2.24, 2.45) is 0 Å². The van der Waals surface area contributed by atoms with Crippen molar-refractivity contribution < 1.29 is 4.79 Å². The lowest BCUT2D eigenvalue weighted by molar-refractivity contribution is 0.0992. The van der Waals surface area contributed by atoms with Gasteiger partial charge in [-0.15, -0.1) is 0 Å². The van der Waals surface area contributed by atoms with Gasteiger partial charge in [-0.05, 0) is 30.3 Å². The van der Waals surface area contributed by atoms with Crippen LogP contribution in [-0.2, 0) is 6.42 Å². The van der Waals surface area contributed by atoms with E-state index in [2.05, 4.69) is 15.0 Å². The highest BCUT2D eigenvalue weighted by Gasteiger charge is 2.13. The van der Waals surface area contributed by atoms with Crippen LogP contribution in [0.25, 0.3) is 0 Å². The molecule has 0 spiro atoms. The average molecular weight is 373 g/mol. The number of benzene rings is 1. The summed E-state index contributed by atoms with van der Waals surface area (Å²) in [6.07, 6.45) is 6.54. The van der Waals surface area contributed by atoms with E-state index >= 15 is 0 Å². The summed E-state index contributed by atoms with van der Waals surface area (Å²) in [6, 6.07) is 8.67. The molecule has 0 radical (unpaired) electrons. The maximum atomic E-state index is 12.6. The molecule has 1 aromatic carbocycles. The van der Waals surface area contributed by atoms with Crippen LogP contribution < -0.4 is 4.90 Å².